The van der Waals surface area contributed by atoms with Crippen LogP contribution in [0.5, 0.6) is 0 Å². The Kier molecular flexibility index (Phi) is 2.84. The number of aryl methyl sites for hydroxylation is 1. The van der Waals surface area contributed by atoms with Crippen molar-refractivity contribution in [3.8, 4) is 6.07 Å². The molecule has 16 heavy (non-hydrogen) atoms. The Morgan fingerprint density at radius 3 is 3.00 bits per heavy atom. The molecule has 2 rings (SSSR count). The van der Waals surface area contributed by atoms with E-state index in [1.54, 1.807) is 6.92 Å². The third-order valence-corrected chi connectivity index (χ3v) is 2.98. The van der Waals surface area contributed by atoms with E-state index in [0.717, 1.165) is 19.4 Å². The topological polar surface area (TPSA) is 53.1 Å². The Labute approximate surface area is 96.5 Å². The van der Waals surface area contributed by atoms with Gasteiger partial charge in [-0.1, -0.05) is 18.2 Å². The van der Waals surface area contributed by atoms with Crippen LogP contribution < -0.4 is 10.6 Å². The quantitative estimate of drug-likeness (QED) is 0.816. The molecule has 84 valence electrons. The van der Waals surface area contributed by atoms with Crippen LogP contribution in [0.3, 0.4) is 0 Å². The standard InChI is InChI=1S/C13H17N3/c1-13(15,9-14)10-16-8-4-6-11-5-2-3-7-12(11)16/h2-3,5,7H,4,6,8,10,15H2,1H3. The smallest absolute Gasteiger partial charge is 0.119 e. The van der Waals surface area contributed by atoms with Crippen molar-refractivity contribution in [1.29, 1.82) is 5.26 Å². The van der Waals surface area contributed by atoms with Crippen LogP contribution in [-0.2, 0) is 6.42 Å². The van der Waals surface area contributed by atoms with Crippen molar-refractivity contribution in [2.45, 2.75) is 25.3 Å². The van der Waals surface area contributed by atoms with Crippen molar-refractivity contribution >= 4 is 5.69 Å². The molecule has 0 saturated carbocycles. The fourth-order valence-electron chi connectivity index (χ4n) is 2.21. The molecule has 1 heterocycles. The van der Waals surface area contributed by atoms with Crippen LogP contribution in [0.2, 0.25) is 0 Å². The minimum atomic E-state index is -0.773. The summed E-state index contributed by atoms with van der Waals surface area (Å²) in [6, 6.07) is 10.5. The summed E-state index contributed by atoms with van der Waals surface area (Å²) in [5.74, 6) is 0. The molecular formula is C13H17N3. The largest absolute Gasteiger partial charge is 0.368 e. The van der Waals surface area contributed by atoms with Crippen molar-refractivity contribution in [1.82, 2.24) is 0 Å². The molecule has 1 aromatic carbocycles. The number of nitrogens with zero attached hydrogens (tertiary/aromatic N) is 2. The lowest BCUT2D eigenvalue weighted by Gasteiger charge is -2.34. The average Bonchev–Trinajstić information content (AvgIpc) is 2.29. The summed E-state index contributed by atoms with van der Waals surface area (Å²) in [4.78, 5) is 2.22. The fraction of sp³-hybridized carbons (Fsp3) is 0.462. The van der Waals surface area contributed by atoms with Crippen molar-refractivity contribution in [3.63, 3.8) is 0 Å². The molecule has 0 fully saturated rings. The second-order valence-electron chi connectivity index (χ2n) is 4.68. The van der Waals surface area contributed by atoms with Gasteiger partial charge in [0.1, 0.15) is 5.54 Å². The van der Waals surface area contributed by atoms with Gasteiger partial charge in [0.25, 0.3) is 0 Å². The minimum absolute atomic E-state index is 0.598. The highest BCUT2D eigenvalue weighted by Crippen LogP contribution is 2.27. The first-order valence-electron chi connectivity index (χ1n) is 5.65. The van der Waals surface area contributed by atoms with Crippen LogP contribution >= 0.6 is 0 Å². The first kappa shape index (κ1) is 11.0. The van der Waals surface area contributed by atoms with Crippen molar-refractivity contribution in [3.05, 3.63) is 29.8 Å². The number of rotatable bonds is 2. The van der Waals surface area contributed by atoms with E-state index < -0.39 is 5.54 Å². The zero-order valence-electron chi connectivity index (χ0n) is 9.61. The summed E-state index contributed by atoms with van der Waals surface area (Å²) in [5.41, 5.74) is 7.73. The number of hydrogen-bond acceptors (Lipinski definition) is 3. The number of para-hydroxylation sites is 1. The van der Waals surface area contributed by atoms with Crippen molar-refractivity contribution in [2.24, 2.45) is 5.73 Å². The molecule has 1 aromatic rings. The summed E-state index contributed by atoms with van der Waals surface area (Å²) < 4.78 is 0. The molecule has 0 saturated heterocycles. The Bertz CT molecular complexity index is 417. The van der Waals surface area contributed by atoms with Gasteiger partial charge in [-0.2, -0.15) is 5.26 Å². The number of anilines is 1. The summed E-state index contributed by atoms with van der Waals surface area (Å²) in [7, 11) is 0. The van der Waals surface area contributed by atoms with Gasteiger partial charge in [0.2, 0.25) is 0 Å². The average molecular weight is 215 g/mol. The molecule has 0 radical (unpaired) electrons. The summed E-state index contributed by atoms with van der Waals surface area (Å²) in [6.45, 7) is 3.37. The predicted octanol–water partition coefficient (Wildman–Crippen LogP) is 1.68. The Morgan fingerprint density at radius 2 is 2.25 bits per heavy atom. The van der Waals surface area contributed by atoms with Crippen LogP contribution in [0, 0.1) is 11.3 Å². The second kappa shape index (κ2) is 4.15. The number of fused-ring (bicyclic) bond motifs is 1. The number of nitrogens with two attached hydrogens (primary N) is 1. The molecular weight excluding hydrogens is 198 g/mol. The van der Waals surface area contributed by atoms with Gasteiger partial charge in [-0.15, -0.1) is 0 Å². The van der Waals surface area contributed by atoms with Gasteiger partial charge in [0, 0.05) is 18.8 Å². The highest BCUT2D eigenvalue weighted by atomic mass is 15.2. The van der Waals surface area contributed by atoms with E-state index in [2.05, 4.69) is 29.2 Å². The van der Waals surface area contributed by atoms with E-state index in [9.17, 15) is 0 Å². The molecule has 3 heteroatoms. The molecule has 0 bridgehead atoms. The number of nitriles is 1. The molecule has 0 aliphatic carbocycles. The van der Waals surface area contributed by atoms with Gasteiger partial charge in [0.05, 0.1) is 6.07 Å². The molecule has 0 aromatic heterocycles. The normalized spacial score (nSPS) is 18.4. The Hall–Kier alpha value is -1.53. The number of benzene rings is 1. The summed E-state index contributed by atoms with van der Waals surface area (Å²) >= 11 is 0. The molecule has 2 N–H and O–H groups in total. The van der Waals surface area contributed by atoms with Crippen LogP contribution in [0.25, 0.3) is 0 Å². The van der Waals surface area contributed by atoms with Crippen LogP contribution in [-0.4, -0.2) is 18.6 Å². The van der Waals surface area contributed by atoms with E-state index in [1.807, 2.05) is 6.07 Å². The fourth-order valence-corrected chi connectivity index (χ4v) is 2.21. The van der Waals surface area contributed by atoms with Crippen LogP contribution in [0.15, 0.2) is 24.3 Å². The Morgan fingerprint density at radius 1 is 1.50 bits per heavy atom. The number of hydrogen-bond donors (Lipinski definition) is 1. The molecule has 1 aliphatic rings. The van der Waals surface area contributed by atoms with Gasteiger partial charge in [-0.25, -0.2) is 0 Å². The molecule has 0 spiro atoms. The molecule has 0 amide bonds. The van der Waals surface area contributed by atoms with Gasteiger partial charge in [-0.3, -0.25) is 0 Å². The van der Waals surface area contributed by atoms with Crippen molar-refractivity contribution in [2.75, 3.05) is 18.0 Å². The third-order valence-electron chi connectivity index (χ3n) is 2.98. The lowest BCUT2D eigenvalue weighted by Crippen LogP contribution is -2.48. The van der Waals surface area contributed by atoms with Crippen LogP contribution in [0.4, 0.5) is 5.69 Å². The Balaban J connectivity index is 2.23. The van der Waals surface area contributed by atoms with Crippen LogP contribution in [0.1, 0.15) is 18.9 Å². The zero-order chi connectivity index (χ0) is 11.6. The van der Waals surface area contributed by atoms with Gasteiger partial charge in [0.15, 0.2) is 0 Å². The van der Waals surface area contributed by atoms with E-state index >= 15 is 0 Å². The highest BCUT2D eigenvalue weighted by molar-refractivity contribution is 5.55. The molecule has 1 aliphatic heterocycles. The lowest BCUT2D eigenvalue weighted by atomic mass is 9.98. The van der Waals surface area contributed by atoms with E-state index in [1.165, 1.54) is 11.3 Å². The summed E-state index contributed by atoms with van der Waals surface area (Å²) in [6.07, 6.45) is 2.26. The SMILES string of the molecule is CC(N)(C#N)CN1CCCc2ccccc21. The molecule has 1 unspecified atom stereocenters. The van der Waals surface area contributed by atoms with E-state index in [-0.39, 0.29) is 0 Å². The lowest BCUT2D eigenvalue weighted by molar-refractivity contribution is 0.554. The third kappa shape index (κ3) is 2.17. The van der Waals surface area contributed by atoms with Crippen molar-refractivity contribution < 1.29 is 0 Å². The predicted molar refractivity (Wildman–Crippen MR) is 65.2 cm³/mol. The molecule has 3 nitrogen and oxygen atoms in total. The zero-order valence-corrected chi connectivity index (χ0v) is 9.61. The monoisotopic (exact) mass is 215 g/mol. The van der Waals surface area contributed by atoms with E-state index in [0.29, 0.717) is 6.54 Å². The second-order valence-corrected chi connectivity index (χ2v) is 4.68. The first-order valence-corrected chi connectivity index (χ1v) is 5.65. The maximum Gasteiger partial charge on any atom is 0.119 e. The maximum absolute atomic E-state index is 8.97. The highest BCUT2D eigenvalue weighted by Gasteiger charge is 2.24. The van der Waals surface area contributed by atoms with Gasteiger partial charge in [-0.05, 0) is 31.4 Å². The van der Waals surface area contributed by atoms with Gasteiger partial charge < -0.3 is 10.6 Å². The van der Waals surface area contributed by atoms with Gasteiger partial charge >= 0.3 is 0 Å². The maximum atomic E-state index is 8.97. The van der Waals surface area contributed by atoms with E-state index in [4.69, 9.17) is 11.0 Å². The summed E-state index contributed by atoms with van der Waals surface area (Å²) in [5, 5.41) is 8.97. The molecule has 1 atom stereocenters. The minimum Gasteiger partial charge on any atom is -0.368 e. The first-order chi connectivity index (χ1) is 7.62.